The molecule has 78 valence electrons. The molecule has 1 aliphatic rings. The first-order valence-electron chi connectivity index (χ1n) is 4.59. The number of hydrogen-bond donors (Lipinski definition) is 2. The summed E-state index contributed by atoms with van der Waals surface area (Å²) in [5.41, 5.74) is 6.72. The minimum absolute atomic E-state index is 0.171. The van der Waals surface area contributed by atoms with Crippen LogP contribution in [0, 0.1) is 0 Å². The highest BCUT2D eigenvalue weighted by Crippen LogP contribution is 2.37. The number of nitrogens with one attached hydrogen (secondary N) is 1. The van der Waals surface area contributed by atoms with Gasteiger partial charge in [0.2, 0.25) is 5.91 Å². The molecule has 2 rings (SSSR count). The molecule has 15 heavy (non-hydrogen) atoms. The van der Waals surface area contributed by atoms with Crippen molar-refractivity contribution in [3.63, 3.8) is 0 Å². The van der Waals surface area contributed by atoms with Crippen molar-refractivity contribution in [3.05, 3.63) is 40.9 Å². The van der Waals surface area contributed by atoms with Crippen LogP contribution in [-0.4, -0.2) is 5.91 Å². The number of fused-ring (bicyclic) bond motifs is 1. The Balaban J connectivity index is 2.54. The summed E-state index contributed by atoms with van der Waals surface area (Å²) in [6.07, 6.45) is 2.10. The molecule has 0 aromatic heterocycles. The van der Waals surface area contributed by atoms with Crippen molar-refractivity contribution < 1.29 is 4.79 Å². The molecule has 1 heterocycles. The van der Waals surface area contributed by atoms with Gasteiger partial charge in [-0.1, -0.05) is 28.1 Å². The molecule has 3 nitrogen and oxygen atoms in total. The van der Waals surface area contributed by atoms with E-state index in [9.17, 15) is 4.79 Å². The number of halogens is 1. The minimum atomic E-state index is -0.961. The van der Waals surface area contributed by atoms with E-state index in [1.54, 1.807) is 6.08 Å². The van der Waals surface area contributed by atoms with Crippen molar-refractivity contribution in [1.29, 1.82) is 0 Å². The van der Waals surface area contributed by atoms with Gasteiger partial charge in [-0.15, -0.1) is 6.58 Å². The van der Waals surface area contributed by atoms with Crippen molar-refractivity contribution >= 4 is 27.5 Å². The Morgan fingerprint density at radius 2 is 2.33 bits per heavy atom. The van der Waals surface area contributed by atoms with E-state index in [0.717, 1.165) is 15.7 Å². The lowest BCUT2D eigenvalue weighted by Crippen LogP contribution is -2.42. The van der Waals surface area contributed by atoms with E-state index in [4.69, 9.17) is 5.73 Å². The summed E-state index contributed by atoms with van der Waals surface area (Å²) in [5, 5.41) is 2.77. The summed E-state index contributed by atoms with van der Waals surface area (Å²) in [6.45, 7) is 3.63. The van der Waals surface area contributed by atoms with Crippen LogP contribution < -0.4 is 11.1 Å². The second-order valence-electron chi connectivity index (χ2n) is 3.61. The second kappa shape index (κ2) is 3.47. The van der Waals surface area contributed by atoms with E-state index in [2.05, 4.69) is 27.8 Å². The molecular formula is C11H11BrN2O. The third kappa shape index (κ3) is 1.50. The van der Waals surface area contributed by atoms with Crippen LogP contribution in [0.25, 0.3) is 0 Å². The lowest BCUT2D eigenvalue weighted by molar-refractivity contribution is -0.120. The maximum absolute atomic E-state index is 11.8. The van der Waals surface area contributed by atoms with Gasteiger partial charge in [-0.25, -0.2) is 0 Å². The molecule has 4 heteroatoms. The highest BCUT2D eigenvalue weighted by Gasteiger charge is 2.42. The Labute approximate surface area is 96.5 Å². The molecule has 0 fully saturated rings. The fourth-order valence-electron chi connectivity index (χ4n) is 1.80. The molecule has 0 aliphatic carbocycles. The van der Waals surface area contributed by atoms with Gasteiger partial charge in [0.15, 0.2) is 0 Å². The second-order valence-corrected chi connectivity index (χ2v) is 4.52. The van der Waals surface area contributed by atoms with Crippen LogP contribution in [0.3, 0.4) is 0 Å². The maximum atomic E-state index is 11.8. The van der Waals surface area contributed by atoms with Gasteiger partial charge in [0.1, 0.15) is 5.54 Å². The number of carbonyl (C=O) groups is 1. The molecule has 1 aromatic rings. The summed E-state index contributed by atoms with van der Waals surface area (Å²) >= 11 is 3.35. The molecule has 0 bridgehead atoms. The van der Waals surface area contributed by atoms with Gasteiger partial charge in [0.25, 0.3) is 0 Å². The molecule has 1 aromatic carbocycles. The molecule has 3 N–H and O–H groups in total. The van der Waals surface area contributed by atoms with Gasteiger partial charge in [0.05, 0.1) is 0 Å². The van der Waals surface area contributed by atoms with E-state index < -0.39 is 5.54 Å². The Hall–Kier alpha value is -1.13. The first kappa shape index (κ1) is 10.4. The minimum Gasteiger partial charge on any atom is -0.324 e. The first-order chi connectivity index (χ1) is 7.08. The maximum Gasteiger partial charge on any atom is 0.249 e. The topological polar surface area (TPSA) is 55.1 Å². The van der Waals surface area contributed by atoms with Crippen molar-refractivity contribution in [1.82, 2.24) is 0 Å². The summed E-state index contributed by atoms with van der Waals surface area (Å²) in [5.74, 6) is -0.171. The van der Waals surface area contributed by atoms with E-state index in [-0.39, 0.29) is 5.91 Å². The molecule has 0 spiro atoms. The number of rotatable bonds is 2. The Morgan fingerprint density at radius 3 is 3.00 bits per heavy atom. The summed E-state index contributed by atoms with van der Waals surface area (Å²) < 4.78 is 0.921. The van der Waals surface area contributed by atoms with Gasteiger partial charge >= 0.3 is 0 Å². The molecule has 1 amide bonds. The molecule has 1 atom stereocenters. The van der Waals surface area contributed by atoms with Crippen molar-refractivity contribution in [2.75, 3.05) is 5.32 Å². The third-order valence-corrected chi connectivity index (χ3v) is 3.08. The summed E-state index contributed by atoms with van der Waals surface area (Å²) in [4.78, 5) is 11.8. The molecule has 0 unspecified atom stereocenters. The third-order valence-electron chi connectivity index (χ3n) is 2.58. The Morgan fingerprint density at radius 1 is 1.60 bits per heavy atom. The highest BCUT2D eigenvalue weighted by atomic mass is 79.9. The zero-order valence-corrected chi connectivity index (χ0v) is 9.67. The SMILES string of the molecule is C=CC[C@]1(N)C(=O)Nc2cc(Br)ccc21. The summed E-state index contributed by atoms with van der Waals surface area (Å²) in [7, 11) is 0. The Bertz CT molecular complexity index is 444. The molecular weight excluding hydrogens is 256 g/mol. The average molecular weight is 267 g/mol. The lowest BCUT2D eigenvalue weighted by Gasteiger charge is -2.19. The number of hydrogen-bond acceptors (Lipinski definition) is 2. The van der Waals surface area contributed by atoms with Gasteiger partial charge in [-0.3, -0.25) is 4.79 Å². The number of benzene rings is 1. The number of anilines is 1. The average Bonchev–Trinajstić information content (AvgIpc) is 2.39. The number of carbonyl (C=O) groups excluding carboxylic acids is 1. The molecule has 0 radical (unpaired) electrons. The smallest absolute Gasteiger partial charge is 0.249 e. The standard InChI is InChI=1S/C11H11BrN2O/c1-2-5-11(13)8-4-3-7(12)6-9(8)14-10(11)15/h2-4,6H,1,5,13H2,(H,14,15)/t11-/m1/s1. The van der Waals surface area contributed by atoms with Crippen LogP contribution in [-0.2, 0) is 10.3 Å². The fourth-order valence-corrected chi connectivity index (χ4v) is 2.16. The van der Waals surface area contributed by atoms with Crippen LogP contribution in [0.5, 0.6) is 0 Å². The van der Waals surface area contributed by atoms with Crippen molar-refractivity contribution in [3.8, 4) is 0 Å². The predicted molar refractivity (Wildman–Crippen MR) is 63.5 cm³/mol. The Kier molecular flexibility index (Phi) is 2.40. The number of nitrogens with two attached hydrogens (primary N) is 1. The number of amides is 1. The van der Waals surface area contributed by atoms with Gasteiger partial charge in [-0.05, 0) is 18.6 Å². The summed E-state index contributed by atoms with van der Waals surface area (Å²) in [6, 6.07) is 5.59. The normalized spacial score (nSPS) is 23.5. The predicted octanol–water partition coefficient (Wildman–Crippen LogP) is 2.13. The molecule has 1 aliphatic heterocycles. The molecule has 0 saturated carbocycles. The van der Waals surface area contributed by atoms with E-state index in [1.807, 2.05) is 18.2 Å². The highest BCUT2D eigenvalue weighted by molar-refractivity contribution is 9.10. The van der Waals surface area contributed by atoms with Crippen LogP contribution in [0.1, 0.15) is 12.0 Å². The van der Waals surface area contributed by atoms with Crippen molar-refractivity contribution in [2.24, 2.45) is 5.73 Å². The fraction of sp³-hybridized carbons (Fsp3) is 0.182. The lowest BCUT2D eigenvalue weighted by atomic mass is 9.89. The quantitative estimate of drug-likeness (QED) is 0.806. The van der Waals surface area contributed by atoms with E-state index >= 15 is 0 Å². The largest absolute Gasteiger partial charge is 0.324 e. The molecule has 0 saturated heterocycles. The zero-order chi connectivity index (χ0) is 11.1. The monoisotopic (exact) mass is 266 g/mol. The van der Waals surface area contributed by atoms with Crippen LogP contribution in [0.2, 0.25) is 0 Å². The zero-order valence-electron chi connectivity index (χ0n) is 8.09. The van der Waals surface area contributed by atoms with E-state index in [0.29, 0.717) is 6.42 Å². The van der Waals surface area contributed by atoms with Gasteiger partial charge in [-0.2, -0.15) is 0 Å². The van der Waals surface area contributed by atoms with Gasteiger partial charge in [0, 0.05) is 15.7 Å². The van der Waals surface area contributed by atoms with Crippen LogP contribution in [0.4, 0.5) is 5.69 Å². The van der Waals surface area contributed by atoms with Crippen LogP contribution >= 0.6 is 15.9 Å². The van der Waals surface area contributed by atoms with E-state index in [1.165, 1.54) is 0 Å². The van der Waals surface area contributed by atoms with Crippen LogP contribution in [0.15, 0.2) is 35.3 Å². The first-order valence-corrected chi connectivity index (χ1v) is 5.38. The van der Waals surface area contributed by atoms with Crippen molar-refractivity contribution in [2.45, 2.75) is 12.0 Å². The van der Waals surface area contributed by atoms with Gasteiger partial charge < -0.3 is 11.1 Å².